The van der Waals surface area contributed by atoms with E-state index < -0.39 is 5.92 Å². The summed E-state index contributed by atoms with van der Waals surface area (Å²) in [7, 11) is 1.72. The molecule has 6 heteroatoms. The Morgan fingerprint density at radius 2 is 1.48 bits per heavy atom. The maximum Gasteiger partial charge on any atom is 0.162 e. The van der Waals surface area contributed by atoms with Crippen molar-refractivity contribution >= 4 is 38.3 Å². The van der Waals surface area contributed by atoms with Gasteiger partial charge < -0.3 is 14.4 Å². The average molecular weight is 657 g/mol. The first-order valence-corrected chi connectivity index (χ1v) is 16.5. The van der Waals surface area contributed by atoms with Crippen LogP contribution in [0, 0.1) is 10.8 Å². The number of ether oxygens (including phenoxy) is 2. The number of carbonyl (C=O) groups is 2. The summed E-state index contributed by atoms with van der Waals surface area (Å²) in [5, 5.41) is 2.32. The fraction of sp³-hybridized carbons (Fsp3) is 0.421. The second-order valence-electron chi connectivity index (χ2n) is 14.1. The van der Waals surface area contributed by atoms with E-state index in [1.165, 1.54) is 5.39 Å². The molecule has 0 unspecified atom stereocenters. The van der Waals surface area contributed by atoms with Crippen molar-refractivity contribution < 1.29 is 19.1 Å². The summed E-state index contributed by atoms with van der Waals surface area (Å²) < 4.78 is 13.0. The van der Waals surface area contributed by atoms with Crippen molar-refractivity contribution in [2.24, 2.45) is 10.8 Å². The van der Waals surface area contributed by atoms with Crippen LogP contribution in [0.2, 0.25) is 0 Å². The van der Waals surface area contributed by atoms with Crippen LogP contribution >= 0.6 is 15.9 Å². The number of methoxy groups -OCH3 is 1. The largest absolute Gasteiger partial charge is 0.489 e. The highest BCUT2D eigenvalue weighted by Gasteiger charge is 2.49. The minimum atomic E-state index is -0.467. The summed E-state index contributed by atoms with van der Waals surface area (Å²) in [6, 6.07) is 20.6. The van der Waals surface area contributed by atoms with Gasteiger partial charge in [0.25, 0.3) is 0 Å². The number of hydrogen-bond donors (Lipinski definition) is 0. The van der Waals surface area contributed by atoms with E-state index in [2.05, 4.69) is 84.9 Å². The van der Waals surface area contributed by atoms with Gasteiger partial charge in [-0.2, -0.15) is 0 Å². The number of carbonyl (C=O) groups excluding carboxylic acids is 2. The molecule has 3 aromatic carbocycles. The lowest BCUT2D eigenvalue weighted by atomic mass is 9.63. The van der Waals surface area contributed by atoms with Gasteiger partial charge in [-0.05, 0) is 64.6 Å². The molecule has 6 rings (SSSR count). The van der Waals surface area contributed by atoms with E-state index in [4.69, 9.17) is 9.47 Å². The number of ketones is 2. The van der Waals surface area contributed by atoms with Crippen LogP contribution in [0.15, 0.2) is 87.7 Å². The van der Waals surface area contributed by atoms with E-state index in [9.17, 15) is 9.59 Å². The van der Waals surface area contributed by atoms with Crippen molar-refractivity contribution in [2.75, 3.05) is 20.3 Å². The van der Waals surface area contributed by atoms with E-state index >= 15 is 0 Å². The monoisotopic (exact) mass is 655 g/mol. The zero-order chi connectivity index (χ0) is 31.2. The quantitative estimate of drug-likeness (QED) is 0.227. The minimum Gasteiger partial charge on any atom is -0.489 e. The molecule has 3 aliphatic rings. The number of fused-ring (bicyclic) bond motifs is 1. The summed E-state index contributed by atoms with van der Waals surface area (Å²) in [4.78, 5) is 30.8. The second kappa shape index (κ2) is 11.9. The molecule has 0 spiro atoms. The van der Waals surface area contributed by atoms with Crippen LogP contribution in [0.4, 0.5) is 0 Å². The van der Waals surface area contributed by atoms with Crippen molar-refractivity contribution in [2.45, 2.75) is 72.3 Å². The van der Waals surface area contributed by atoms with E-state index in [1.807, 2.05) is 24.3 Å². The molecule has 0 saturated carbocycles. The van der Waals surface area contributed by atoms with Crippen molar-refractivity contribution in [3.63, 3.8) is 0 Å². The van der Waals surface area contributed by atoms with Crippen LogP contribution in [0.25, 0.3) is 10.8 Å². The van der Waals surface area contributed by atoms with Gasteiger partial charge in [0.15, 0.2) is 11.6 Å². The van der Waals surface area contributed by atoms with Crippen LogP contribution in [-0.2, 0) is 20.9 Å². The minimum absolute atomic E-state index is 0.127. The number of benzene rings is 3. The highest BCUT2D eigenvalue weighted by atomic mass is 79.9. The SMILES string of the molecule is COCCCN1C2=C(C(=O)CC(C)(C)C2)C(c2cc(Br)ccc2OCc2cccc3ccccc23)C2=C1CC(C)(C)CC2=O. The van der Waals surface area contributed by atoms with E-state index in [-0.39, 0.29) is 22.4 Å². The summed E-state index contributed by atoms with van der Waals surface area (Å²) in [6.45, 7) is 10.4. The Labute approximate surface area is 269 Å². The Hall–Kier alpha value is -3.22. The maximum atomic E-state index is 14.2. The molecular weight excluding hydrogens is 614 g/mol. The first kappa shape index (κ1) is 30.8. The number of allylic oxidation sites excluding steroid dienone is 4. The summed E-state index contributed by atoms with van der Waals surface area (Å²) in [6.07, 6.45) is 3.29. The summed E-state index contributed by atoms with van der Waals surface area (Å²) >= 11 is 3.71. The third kappa shape index (κ3) is 5.91. The first-order chi connectivity index (χ1) is 21.0. The van der Waals surface area contributed by atoms with E-state index in [0.29, 0.717) is 38.3 Å². The zero-order valence-electron chi connectivity index (χ0n) is 26.5. The second-order valence-corrected chi connectivity index (χ2v) is 15.1. The Bertz CT molecular complexity index is 1640. The lowest BCUT2D eigenvalue weighted by molar-refractivity contribution is -0.119. The number of rotatable bonds is 8. The third-order valence-corrected chi connectivity index (χ3v) is 9.79. The van der Waals surface area contributed by atoms with E-state index in [1.54, 1.807) is 7.11 Å². The first-order valence-electron chi connectivity index (χ1n) is 15.7. The predicted octanol–water partition coefficient (Wildman–Crippen LogP) is 8.90. The number of halogens is 1. The Morgan fingerprint density at radius 3 is 2.14 bits per heavy atom. The topological polar surface area (TPSA) is 55.8 Å². The lowest BCUT2D eigenvalue weighted by Crippen LogP contribution is -2.45. The number of nitrogens with zero attached hydrogens (tertiary/aromatic N) is 1. The summed E-state index contributed by atoms with van der Waals surface area (Å²) in [5.74, 6) is 0.489. The number of hydrogen-bond acceptors (Lipinski definition) is 5. The predicted molar refractivity (Wildman–Crippen MR) is 178 cm³/mol. The molecule has 0 atom stereocenters. The smallest absolute Gasteiger partial charge is 0.162 e. The standard InChI is InChI=1S/C38H42BrNO4/c1-37(2)19-29-35(31(41)21-37)34(36-30(40(29)16-9-17-43-5)20-38(3,4)22-32(36)42)28-18-26(39)14-15-33(28)44-23-25-12-8-11-24-10-6-7-13-27(24)25/h6-8,10-15,18,34H,9,16-17,19-23H2,1-5H3. The van der Waals surface area contributed by atoms with Crippen LogP contribution in [-0.4, -0.2) is 36.7 Å². The highest BCUT2D eigenvalue weighted by molar-refractivity contribution is 9.10. The van der Waals surface area contributed by atoms with Gasteiger partial charge in [0.05, 0.1) is 0 Å². The molecule has 0 saturated heterocycles. The molecule has 0 radical (unpaired) electrons. The fourth-order valence-corrected chi connectivity index (χ4v) is 7.82. The fourth-order valence-electron chi connectivity index (χ4n) is 7.45. The van der Waals surface area contributed by atoms with Gasteiger partial charge in [-0.25, -0.2) is 0 Å². The molecular formula is C38H42BrNO4. The van der Waals surface area contributed by atoms with Crippen molar-refractivity contribution in [1.82, 2.24) is 4.90 Å². The Balaban J connectivity index is 1.51. The van der Waals surface area contributed by atoms with Gasteiger partial charge in [0, 0.05) is 71.6 Å². The Kier molecular flexibility index (Phi) is 8.36. The third-order valence-electron chi connectivity index (χ3n) is 9.30. The van der Waals surface area contributed by atoms with Gasteiger partial charge >= 0.3 is 0 Å². The highest BCUT2D eigenvalue weighted by Crippen LogP contribution is 2.55. The van der Waals surface area contributed by atoms with Gasteiger partial charge in [-0.3, -0.25) is 9.59 Å². The van der Waals surface area contributed by atoms with Crippen molar-refractivity contribution in [3.05, 3.63) is 98.8 Å². The normalized spacial score (nSPS) is 19.8. The van der Waals surface area contributed by atoms with Crippen molar-refractivity contribution in [3.8, 4) is 5.75 Å². The molecule has 0 bridgehead atoms. The van der Waals surface area contributed by atoms with Crippen LogP contribution in [0.1, 0.15) is 76.8 Å². The molecule has 3 aromatic rings. The molecule has 0 fully saturated rings. The van der Waals surface area contributed by atoms with Gasteiger partial charge in [0.2, 0.25) is 0 Å². The van der Waals surface area contributed by atoms with Crippen LogP contribution < -0.4 is 4.74 Å². The number of Topliss-reactive ketones (excluding diaryl/α,β-unsaturated/α-hetero) is 2. The van der Waals surface area contributed by atoms with Gasteiger partial charge in [-0.15, -0.1) is 0 Å². The Morgan fingerprint density at radius 1 is 0.841 bits per heavy atom. The summed E-state index contributed by atoms with van der Waals surface area (Å²) in [5.41, 5.74) is 5.29. The molecule has 0 amide bonds. The van der Waals surface area contributed by atoms with E-state index in [0.717, 1.165) is 62.8 Å². The van der Waals surface area contributed by atoms with Gasteiger partial charge in [-0.1, -0.05) is 86.1 Å². The van der Waals surface area contributed by atoms with Crippen LogP contribution in [0.5, 0.6) is 5.75 Å². The zero-order valence-corrected chi connectivity index (χ0v) is 28.1. The van der Waals surface area contributed by atoms with Crippen molar-refractivity contribution in [1.29, 1.82) is 0 Å². The molecule has 230 valence electrons. The molecule has 2 aliphatic carbocycles. The lowest BCUT2D eigenvalue weighted by Gasteiger charge is -2.49. The van der Waals surface area contributed by atoms with Gasteiger partial charge in [0.1, 0.15) is 12.4 Å². The molecule has 44 heavy (non-hydrogen) atoms. The molecule has 0 N–H and O–H groups in total. The molecule has 1 aliphatic heterocycles. The maximum absolute atomic E-state index is 14.2. The van der Waals surface area contributed by atoms with Crippen LogP contribution in [0.3, 0.4) is 0 Å². The molecule has 0 aromatic heterocycles. The molecule has 5 nitrogen and oxygen atoms in total. The molecule has 1 heterocycles. The average Bonchev–Trinajstić information content (AvgIpc) is 2.95.